The van der Waals surface area contributed by atoms with Crippen molar-refractivity contribution in [2.24, 2.45) is 0 Å². The molecule has 3 heterocycles. The molecule has 0 radical (unpaired) electrons. The Kier molecular flexibility index (Phi) is 5.19. The Morgan fingerprint density at radius 3 is 2.45 bits per heavy atom. The monoisotopic (exact) mass is 420 g/mol. The summed E-state index contributed by atoms with van der Waals surface area (Å²) in [5, 5.41) is 4.03. The zero-order valence-electron chi connectivity index (χ0n) is 16.0. The predicted octanol–water partition coefficient (Wildman–Crippen LogP) is 5.33. The maximum absolute atomic E-state index is 6.35. The molecule has 1 aliphatic heterocycles. The van der Waals surface area contributed by atoms with Gasteiger partial charge < -0.3 is 4.90 Å². The lowest BCUT2D eigenvalue weighted by Gasteiger charge is -2.36. The molecule has 2 aromatic heterocycles. The summed E-state index contributed by atoms with van der Waals surface area (Å²) < 4.78 is 0. The number of anilines is 1. The second-order valence-corrected chi connectivity index (χ2v) is 8.57. The number of thiophene rings is 1. The predicted molar refractivity (Wildman–Crippen MR) is 122 cm³/mol. The van der Waals surface area contributed by atoms with Gasteiger partial charge in [-0.2, -0.15) is 0 Å². The normalized spacial score (nSPS) is 15.1. The molecule has 5 rings (SSSR count). The van der Waals surface area contributed by atoms with E-state index < -0.39 is 0 Å². The number of benzene rings is 2. The van der Waals surface area contributed by atoms with Crippen LogP contribution in [0.2, 0.25) is 5.02 Å². The molecule has 1 fully saturated rings. The van der Waals surface area contributed by atoms with Gasteiger partial charge >= 0.3 is 0 Å². The van der Waals surface area contributed by atoms with Gasteiger partial charge in [0.05, 0.1) is 10.4 Å². The molecule has 146 valence electrons. The van der Waals surface area contributed by atoms with Crippen LogP contribution in [0.1, 0.15) is 5.56 Å². The lowest BCUT2D eigenvalue weighted by atomic mass is 10.1. The number of aromatic nitrogens is 2. The Morgan fingerprint density at radius 1 is 0.862 bits per heavy atom. The van der Waals surface area contributed by atoms with Gasteiger partial charge in [-0.25, -0.2) is 9.97 Å². The van der Waals surface area contributed by atoms with E-state index in [-0.39, 0.29) is 0 Å². The van der Waals surface area contributed by atoms with E-state index in [9.17, 15) is 0 Å². The fourth-order valence-electron chi connectivity index (χ4n) is 3.80. The van der Waals surface area contributed by atoms with E-state index in [0.717, 1.165) is 65.2 Å². The minimum Gasteiger partial charge on any atom is -0.353 e. The van der Waals surface area contributed by atoms with E-state index in [1.54, 1.807) is 11.3 Å². The van der Waals surface area contributed by atoms with Gasteiger partial charge in [0.1, 0.15) is 5.82 Å². The van der Waals surface area contributed by atoms with Crippen LogP contribution in [0.4, 0.5) is 5.82 Å². The first kappa shape index (κ1) is 18.6. The Bertz CT molecular complexity index is 1120. The second kappa shape index (κ2) is 8.11. The summed E-state index contributed by atoms with van der Waals surface area (Å²) in [6.45, 7) is 4.74. The molecule has 0 aliphatic carbocycles. The van der Waals surface area contributed by atoms with Crippen molar-refractivity contribution in [3.05, 3.63) is 76.6 Å². The highest BCUT2D eigenvalue weighted by atomic mass is 35.5. The van der Waals surface area contributed by atoms with Crippen LogP contribution >= 0.6 is 22.9 Å². The molecule has 1 saturated heterocycles. The number of para-hydroxylation sites is 1. The smallest absolute Gasteiger partial charge is 0.172 e. The highest BCUT2D eigenvalue weighted by Crippen LogP contribution is 2.30. The molecule has 1 aliphatic rings. The van der Waals surface area contributed by atoms with Crippen molar-refractivity contribution in [3.8, 4) is 10.7 Å². The van der Waals surface area contributed by atoms with Crippen LogP contribution in [-0.2, 0) is 6.54 Å². The molecule has 2 aromatic carbocycles. The van der Waals surface area contributed by atoms with E-state index in [1.807, 2.05) is 24.3 Å². The molecule has 0 unspecified atom stereocenters. The van der Waals surface area contributed by atoms with E-state index >= 15 is 0 Å². The summed E-state index contributed by atoms with van der Waals surface area (Å²) in [7, 11) is 0. The first-order valence-corrected chi connectivity index (χ1v) is 11.0. The van der Waals surface area contributed by atoms with Crippen molar-refractivity contribution in [1.29, 1.82) is 0 Å². The summed E-state index contributed by atoms with van der Waals surface area (Å²) in [5.74, 6) is 1.85. The van der Waals surface area contributed by atoms with Gasteiger partial charge in [0.25, 0.3) is 0 Å². The van der Waals surface area contributed by atoms with Crippen LogP contribution in [0.5, 0.6) is 0 Å². The third kappa shape index (κ3) is 3.86. The molecule has 0 amide bonds. The van der Waals surface area contributed by atoms with Gasteiger partial charge in [-0.1, -0.05) is 48.0 Å². The molecular weight excluding hydrogens is 400 g/mol. The van der Waals surface area contributed by atoms with Crippen LogP contribution in [-0.4, -0.2) is 41.0 Å². The third-order valence-corrected chi connectivity index (χ3v) is 6.58. The van der Waals surface area contributed by atoms with E-state index in [2.05, 4.69) is 51.6 Å². The van der Waals surface area contributed by atoms with Crippen LogP contribution in [0.15, 0.2) is 66.0 Å². The zero-order chi connectivity index (χ0) is 19.6. The largest absolute Gasteiger partial charge is 0.353 e. The molecule has 0 spiro atoms. The summed E-state index contributed by atoms with van der Waals surface area (Å²) in [6, 6.07) is 20.5. The van der Waals surface area contributed by atoms with Crippen LogP contribution in [0.25, 0.3) is 21.6 Å². The van der Waals surface area contributed by atoms with Crippen molar-refractivity contribution in [1.82, 2.24) is 14.9 Å². The number of halogens is 1. The molecular formula is C23H21ClN4S. The van der Waals surface area contributed by atoms with Gasteiger partial charge in [-0.05, 0) is 35.2 Å². The second-order valence-electron chi connectivity index (χ2n) is 7.22. The molecule has 4 aromatic rings. The van der Waals surface area contributed by atoms with E-state index in [4.69, 9.17) is 21.6 Å². The first-order valence-electron chi connectivity index (χ1n) is 9.79. The topological polar surface area (TPSA) is 32.3 Å². The first-order chi connectivity index (χ1) is 14.3. The van der Waals surface area contributed by atoms with Crippen LogP contribution in [0.3, 0.4) is 0 Å². The highest BCUT2D eigenvalue weighted by molar-refractivity contribution is 7.13. The Hall–Kier alpha value is -2.47. The van der Waals surface area contributed by atoms with Crippen LogP contribution in [0, 0.1) is 0 Å². The molecule has 29 heavy (non-hydrogen) atoms. The van der Waals surface area contributed by atoms with E-state index in [1.165, 1.54) is 5.56 Å². The van der Waals surface area contributed by atoms with Gasteiger partial charge in [0.2, 0.25) is 0 Å². The van der Waals surface area contributed by atoms with Crippen LogP contribution < -0.4 is 4.90 Å². The number of hydrogen-bond donors (Lipinski definition) is 0. The van der Waals surface area contributed by atoms with Gasteiger partial charge in [0.15, 0.2) is 5.82 Å². The van der Waals surface area contributed by atoms with Gasteiger partial charge in [-0.3, -0.25) is 4.90 Å². The molecule has 0 bridgehead atoms. The summed E-state index contributed by atoms with van der Waals surface area (Å²) >= 11 is 8.03. The summed E-state index contributed by atoms with van der Waals surface area (Å²) in [5.41, 5.74) is 2.19. The average molecular weight is 421 g/mol. The Balaban J connectivity index is 1.40. The maximum Gasteiger partial charge on any atom is 0.172 e. The molecule has 0 N–H and O–H groups in total. The number of nitrogens with zero attached hydrogens (tertiary/aromatic N) is 4. The third-order valence-electron chi connectivity index (χ3n) is 5.35. The van der Waals surface area contributed by atoms with Gasteiger partial charge in [-0.15, -0.1) is 11.3 Å². The van der Waals surface area contributed by atoms with Crippen molar-refractivity contribution in [2.45, 2.75) is 6.54 Å². The molecule has 0 atom stereocenters. The van der Waals surface area contributed by atoms with Crippen molar-refractivity contribution in [2.75, 3.05) is 31.1 Å². The minimum absolute atomic E-state index is 0.812. The SMILES string of the molecule is Clc1ccccc1CN1CCN(c2nc(-c3cccs3)nc3ccccc23)CC1. The highest BCUT2D eigenvalue weighted by Gasteiger charge is 2.21. The zero-order valence-corrected chi connectivity index (χ0v) is 17.5. The lowest BCUT2D eigenvalue weighted by Crippen LogP contribution is -2.46. The maximum atomic E-state index is 6.35. The number of piperazine rings is 1. The van der Waals surface area contributed by atoms with Crippen molar-refractivity contribution < 1.29 is 0 Å². The Labute approximate surface area is 179 Å². The molecule has 0 saturated carbocycles. The number of fused-ring (bicyclic) bond motifs is 1. The fraction of sp³-hybridized carbons (Fsp3) is 0.217. The lowest BCUT2D eigenvalue weighted by molar-refractivity contribution is 0.249. The number of rotatable bonds is 4. The minimum atomic E-state index is 0.812. The van der Waals surface area contributed by atoms with Gasteiger partial charge in [0, 0.05) is 43.1 Å². The Morgan fingerprint density at radius 2 is 1.66 bits per heavy atom. The average Bonchev–Trinajstić information content (AvgIpc) is 3.30. The molecule has 4 nitrogen and oxygen atoms in total. The quantitative estimate of drug-likeness (QED) is 0.446. The number of hydrogen-bond acceptors (Lipinski definition) is 5. The summed E-state index contributed by atoms with van der Waals surface area (Å²) in [6.07, 6.45) is 0. The standard InChI is InChI=1S/C23H21ClN4S/c24-19-8-3-1-6-17(19)16-27-11-13-28(14-12-27)23-18-7-2-4-9-20(18)25-22(26-23)21-10-5-15-29-21/h1-10,15H,11-14,16H2. The van der Waals surface area contributed by atoms with Crippen molar-refractivity contribution >= 4 is 39.7 Å². The van der Waals surface area contributed by atoms with Crippen molar-refractivity contribution in [3.63, 3.8) is 0 Å². The molecule has 6 heteroatoms. The fourth-order valence-corrected chi connectivity index (χ4v) is 4.66. The van der Waals surface area contributed by atoms with E-state index in [0.29, 0.717) is 0 Å². The summed E-state index contributed by atoms with van der Waals surface area (Å²) in [4.78, 5) is 15.7.